The lowest BCUT2D eigenvalue weighted by Gasteiger charge is -2.16. The van der Waals surface area contributed by atoms with E-state index in [0.717, 1.165) is 11.3 Å². The number of nitriles is 1. The first kappa shape index (κ1) is 26.7. The molecule has 0 aliphatic rings. The van der Waals surface area contributed by atoms with Gasteiger partial charge in [-0.1, -0.05) is 12.1 Å². The summed E-state index contributed by atoms with van der Waals surface area (Å²) >= 11 is 0. The minimum absolute atomic E-state index is 0. The maximum Gasteiger partial charge on any atom is 0.239 e. The number of hydrogen-bond donors (Lipinski definition) is 2. The van der Waals surface area contributed by atoms with Crippen molar-refractivity contribution in [1.82, 2.24) is 9.88 Å². The minimum atomic E-state index is -0.563. The van der Waals surface area contributed by atoms with Crippen LogP contribution in [0.1, 0.15) is 11.1 Å². The number of carbonyl (C=O) groups excluding carboxylic acids is 1. The number of carbonyl (C=O) groups is 1. The van der Waals surface area contributed by atoms with Crippen LogP contribution in [0.15, 0.2) is 66.9 Å². The van der Waals surface area contributed by atoms with Crippen LogP contribution < -0.4 is 15.8 Å². The van der Waals surface area contributed by atoms with Gasteiger partial charge in [0.1, 0.15) is 23.4 Å². The number of likely N-dealkylation sites (N-methyl/N-ethyl adjacent to an activating group) is 1. The number of halogens is 2. The summed E-state index contributed by atoms with van der Waals surface area (Å²) in [7, 11) is 3.39. The van der Waals surface area contributed by atoms with E-state index in [-0.39, 0.29) is 30.7 Å². The van der Waals surface area contributed by atoms with E-state index in [1.54, 1.807) is 32.4 Å². The van der Waals surface area contributed by atoms with E-state index in [2.05, 4.69) is 16.4 Å². The van der Waals surface area contributed by atoms with Crippen LogP contribution in [-0.4, -0.2) is 35.9 Å². The summed E-state index contributed by atoms with van der Waals surface area (Å²) in [5.41, 5.74) is 8.19. The molecule has 0 saturated carbocycles. The molecule has 0 bridgehead atoms. The zero-order valence-electron chi connectivity index (χ0n) is 17.7. The molecule has 3 rings (SSSR count). The zero-order valence-corrected chi connectivity index (χ0v) is 19.3. The van der Waals surface area contributed by atoms with Gasteiger partial charge in [-0.15, -0.1) is 24.8 Å². The van der Waals surface area contributed by atoms with Crippen molar-refractivity contribution < 1.29 is 9.53 Å². The fourth-order valence-corrected chi connectivity index (χ4v) is 2.84. The van der Waals surface area contributed by atoms with Crippen molar-refractivity contribution in [3.05, 3.63) is 78.0 Å². The summed E-state index contributed by atoms with van der Waals surface area (Å²) in [6.07, 6.45) is 2.10. The smallest absolute Gasteiger partial charge is 0.239 e. The number of nitrogens with one attached hydrogen (secondary N) is 1. The van der Waals surface area contributed by atoms with Gasteiger partial charge in [-0.2, -0.15) is 5.26 Å². The van der Waals surface area contributed by atoms with Gasteiger partial charge in [-0.05, 0) is 60.5 Å². The van der Waals surface area contributed by atoms with Crippen LogP contribution in [0.4, 0.5) is 11.5 Å². The summed E-state index contributed by atoms with van der Waals surface area (Å²) in [5, 5.41) is 12.3. The van der Waals surface area contributed by atoms with Gasteiger partial charge in [0.25, 0.3) is 0 Å². The highest BCUT2D eigenvalue weighted by Crippen LogP contribution is 2.25. The maximum atomic E-state index is 11.9. The molecule has 0 unspecified atom stereocenters. The lowest BCUT2D eigenvalue weighted by molar-refractivity contribution is -0.130. The molecule has 1 atom stereocenters. The molecule has 0 saturated heterocycles. The molecule has 1 amide bonds. The van der Waals surface area contributed by atoms with Crippen LogP contribution in [0.5, 0.6) is 11.5 Å². The molecule has 32 heavy (non-hydrogen) atoms. The first-order chi connectivity index (χ1) is 14.5. The number of nitrogens with two attached hydrogens (primary N) is 1. The van der Waals surface area contributed by atoms with Gasteiger partial charge in [-0.25, -0.2) is 4.98 Å². The van der Waals surface area contributed by atoms with Crippen LogP contribution >= 0.6 is 24.8 Å². The number of aromatic nitrogens is 1. The standard InChI is InChI=1S/C23H23N5O2.2ClH/c1-28(2)23(29)21(25)14-16-5-9-19(10-6-16)30-20-11-7-18(8-12-20)27-22-17(15-24)4-3-13-26-22;;/h3-13,21H,14,25H2,1-2H3,(H,26,27);2*1H/t21-;;/m0../s1. The summed E-state index contributed by atoms with van der Waals surface area (Å²) in [5.74, 6) is 1.77. The number of ether oxygens (including phenoxy) is 1. The molecule has 7 nitrogen and oxygen atoms in total. The van der Waals surface area contributed by atoms with Crippen molar-refractivity contribution in [3.63, 3.8) is 0 Å². The first-order valence-electron chi connectivity index (χ1n) is 9.42. The molecule has 3 N–H and O–H groups in total. The van der Waals surface area contributed by atoms with Crippen molar-refractivity contribution in [2.75, 3.05) is 19.4 Å². The van der Waals surface area contributed by atoms with Crippen molar-refractivity contribution in [2.45, 2.75) is 12.5 Å². The Bertz CT molecular complexity index is 1050. The molecular weight excluding hydrogens is 449 g/mol. The van der Waals surface area contributed by atoms with Crippen molar-refractivity contribution in [1.29, 1.82) is 5.26 Å². The highest BCUT2D eigenvalue weighted by molar-refractivity contribution is 5.85. The summed E-state index contributed by atoms with van der Waals surface area (Å²) < 4.78 is 5.87. The van der Waals surface area contributed by atoms with Gasteiger partial charge >= 0.3 is 0 Å². The van der Waals surface area contributed by atoms with Crippen LogP contribution in [-0.2, 0) is 11.2 Å². The number of benzene rings is 2. The molecule has 0 aliphatic carbocycles. The highest BCUT2D eigenvalue weighted by Gasteiger charge is 2.15. The summed E-state index contributed by atoms with van der Waals surface area (Å²) in [4.78, 5) is 17.6. The predicted octanol–water partition coefficient (Wildman–Crippen LogP) is 4.29. The largest absolute Gasteiger partial charge is 0.457 e. The van der Waals surface area contributed by atoms with Crippen molar-refractivity contribution in [3.8, 4) is 17.6 Å². The Morgan fingerprint density at radius 3 is 2.25 bits per heavy atom. The molecule has 1 heterocycles. The van der Waals surface area contributed by atoms with E-state index < -0.39 is 6.04 Å². The number of hydrogen-bond acceptors (Lipinski definition) is 6. The van der Waals surface area contributed by atoms with Gasteiger partial charge in [0.15, 0.2) is 0 Å². The Morgan fingerprint density at radius 1 is 1.09 bits per heavy atom. The number of pyridine rings is 1. The average molecular weight is 474 g/mol. The summed E-state index contributed by atoms with van der Waals surface area (Å²) in [6, 6.07) is 19.8. The van der Waals surface area contributed by atoms with Crippen LogP contribution in [0.3, 0.4) is 0 Å². The second-order valence-electron chi connectivity index (χ2n) is 6.95. The Labute approximate surface area is 200 Å². The van der Waals surface area contributed by atoms with Crippen molar-refractivity contribution >= 4 is 42.2 Å². The van der Waals surface area contributed by atoms with E-state index >= 15 is 0 Å². The van der Waals surface area contributed by atoms with E-state index in [4.69, 9.17) is 15.7 Å². The Hall–Kier alpha value is -3.31. The molecule has 0 spiro atoms. The van der Waals surface area contributed by atoms with Gasteiger partial charge in [0.05, 0.1) is 11.6 Å². The van der Waals surface area contributed by atoms with Gasteiger partial charge in [-0.3, -0.25) is 4.79 Å². The van der Waals surface area contributed by atoms with Gasteiger partial charge < -0.3 is 20.7 Å². The predicted molar refractivity (Wildman–Crippen MR) is 130 cm³/mol. The van der Waals surface area contributed by atoms with E-state index in [9.17, 15) is 4.79 Å². The van der Waals surface area contributed by atoms with E-state index in [1.807, 2.05) is 48.5 Å². The molecule has 0 aliphatic heterocycles. The van der Waals surface area contributed by atoms with E-state index in [0.29, 0.717) is 29.3 Å². The topological polar surface area (TPSA) is 104 Å². The highest BCUT2D eigenvalue weighted by atomic mass is 35.5. The van der Waals surface area contributed by atoms with Crippen molar-refractivity contribution in [2.24, 2.45) is 5.73 Å². The first-order valence-corrected chi connectivity index (χ1v) is 9.42. The Balaban J connectivity index is 0.00000256. The minimum Gasteiger partial charge on any atom is -0.457 e. The number of nitrogens with zero attached hydrogens (tertiary/aromatic N) is 3. The van der Waals surface area contributed by atoms with Crippen LogP contribution in [0.2, 0.25) is 0 Å². The zero-order chi connectivity index (χ0) is 21.5. The molecule has 3 aromatic rings. The molecule has 2 aromatic carbocycles. The number of anilines is 2. The molecule has 168 valence electrons. The third-order valence-corrected chi connectivity index (χ3v) is 4.42. The maximum absolute atomic E-state index is 11.9. The molecular formula is C23H25Cl2N5O2. The number of rotatable bonds is 7. The molecule has 0 radical (unpaired) electrons. The normalized spacial score (nSPS) is 10.6. The van der Waals surface area contributed by atoms with Gasteiger partial charge in [0, 0.05) is 26.0 Å². The molecule has 0 fully saturated rings. The SMILES string of the molecule is CN(C)C(=O)[C@@H](N)Cc1ccc(Oc2ccc(Nc3ncccc3C#N)cc2)cc1.Cl.Cl. The fraction of sp³-hybridized carbons (Fsp3) is 0.174. The Morgan fingerprint density at radius 2 is 1.69 bits per heavy atom. The van der Waals surface area contributed by atoms with Crippen LogP contribution in [0, 0.1) is 11.3 Å². The third-order valence-electron chi connectivity index (χ3n) is 4.42. The second-order valence-corrected chi connectivity index (χ2v) is 6.95. The number of amides is 1. The monoisotopic (exact) mass is 473 g/mol. The average Bonchev–Trinajstić information content (AvgIpc) is 2.76. The fourth-order valence-electron chi connectivity index (χ4n) is 2.84. The van der Waals surface area contributed by atoms with E-state index in [1.165, 1.54) is 4.90 Å². The lowest BCUT2D eigenvalue weighted by atomic mass is 10.1. The Kier molecular flexibility index (Phi) is 10.5. The quantitative estimate of drug-likeness (QED) is 0.530. The van der Waals surface area contributed by atoms with Gasteiger partial charge in [0.2, 0.25) is 5.91 Å². The third kappa shape index (κ3) is 7.13. The second kappa shape index (κ2) is 12.5. The lowest BCUT2D eigenvalue weighted by Crippen LogP contribution is -2.41. The summed E-state index contributed by atoms with van der Waals surface area (Å²) in [6.45, 7) is 0. The van der Waals surface area contributed by atoms with Crippen LogP contribution in [0.25, 0.3) is 0 Å². The molecule has 9 heteroatoms. The molecule has 1 aromatic heterocycles.